The molecule has 2 aromatic heterocycles. The van der Waals surface area contributed by atoms with E-state index in [0.717, 1.165) is 41.9 Å². The van der Waals surface area contributed by atoms with Gasteiger partial charge in [-0.2, -0.15) is 0 Å². The number of pyridine rings is 1. The number of hydrogen-bond acceptors (Lipinski definition) is 6. The molecule has 3 aromatic rings. The number of ether oxygens (including phenoxy) is 2. The van der Waals surface area contributed by atoms with Crippen LogP contribution in [0.5, 0.6) is 0 Å². The average molecular weight is 368 g/mol. The van der Waals surface area contributed by atoms with Crippen molar-refractivity contribution in [2.75, 3.05) is 19.2 Å². The molecule has 0 saturated carbocycles. The van der Waals surface area contributed by atoms with Gasteiger partial charge in [0, 0.05) is 23.7 Å². The van der Waals surface area contributed by atoms with Crippen LogP contribution in [0.2, 0.25) is 0 Å². The monoisotopic (exact) mass is 368 g/mol. The van der Waals surface area contributed by atoms with Crippen molar-refractivity contribution < 1.29 is 9.47 Å². The van der Waals surface area contributed by atoms with E-state index in [0.29, 0.717) is 6.79 Å². The zero-order chi connectivity index (χ0) is 17.6. The summed E-state index contributed by atoms with van der Waals surface area (Å²) in [7, 11) is 0. The van der Waals surface area contributed by atoms with Crippen molar-refractivity contribution in [1.82, 2.24) is 19.7 Å². The van der Waals surface area contributed by atoms with Crippen molar-refractivity contribution in [3.05, 3.63) is 60.4 Å². The molecule has 0 radical (unpaired) electrons. The summed E-state index contributed by atoms with van der Waals surface area (Å²) in [5, 5.41) is 9.79. The minimum Gasteiger partial charge on any atom is -0.355 e. The maximum absolute atomic E-state index is 5.64. The molecule has 4 rings (SSSR count). The first-order valence-electron chi connectivity index (χ1n) is 8.60. The molecule has 3 heterocycles. The maximum Gasteiger partial charge on any atom is 0.191 e. The van der Waals surface area contributed by atoms with Gasteiger partial charge >= 0.3 is 0 Å². The summed E-state index contributed by atoms with van der Waals surface area (Å²) in [4.78, 5) is 4.10. The second kappa shape index (κ2) is 8.44. The molecule has 7 heteroatoms. The van der Waals surface area contributed by atoms with Gasteiger partial charge in [-0.25, -0.2) is 0 Å². The van der Waals surface area contributed by atoms with E-state index in [4.69, 9.17) is 9.47 Å². The predicted octanol–water partition coefficient (Wildman–Crippen LogP) is 3.24. The maximum atomic E-state index is 5.64. The van der Waals surface area contributed by atoms with Gasteiger partial charge in [0.2, 0.25) is 0 Å². The molecule has 134 valence electrons. The Morgan fingerprint density at radius 2 is 1.92 bits per heavy atom. The van der Waals surface area contributed by atoms with E-state index in [2.05, 4.69) is 44.0 Å². The normalized spacial score (nSPS) is 17.3. The van der Waals surface area contributed by atoms with Crippen molar-refractivity contribution >= 4 is 11.8 Å². The van der Waals surface area contributed by atoms with Gasteiger partial charge in [0.25, 0.3) is 0 Å². The Labute approximate surface area is 156 Å². The molecule has 0 spiro atoms. The van der Waals surface area contributed by atoms with Crippen LogP contribution in [0.3, 0.4) is 0 Å². The zero-order valence-corrected chi connectivity index (χ0v) is 15.1. The van der Waals surface area contributed by atoms with Gasteiger partial charge in [-0.05, 0) is 24.1 Å². The molecule has 0 bridgehead atoms. The second-order valence-electron chi connectivity index (χ2n) is 6.03. The summed E-state index contributed by atoms with van der Waals surface area (Å²) in [5.74, 6) is 1.69. The molecular weight excluding hydrogens is 348 g/mol. The molecular formula is C19H20N4O2S. The van der Waals surface area contributed by atoms with E-state index in [1.165, 1.54) is 5.56 Å². The number of thioether (sulfide) groups is 1. The molecule has 1 saturated heterocycles. The zero-order valence-electron chi connectivity index (χ0n) is 14.3. The highest BCUT2D eigenvalue weighted by Crippen LogP contribution is 2.26. The first-order chi connectivity index (χ1) is 12.9. The van der Waals surface area contributed by atoms with Crippen LogP contribution in [0, 0.1) is 0 Å². The summed E-state index contributed by atoms with van der Waals surface area (Å²) in [5.41, 5.74) is 2.23. The Bertz CT molecular complexity index is 820. The number of rotatable bonds is 6. The van der Waals surface area contributed by atoms with Gasteiger partial charge in [-0.3, -0.25) is 9.55 Å². The van der Waals surface area contributed by atoms with E-state index in [1.807, 2.05) is 18.2 Å². The van der Waals surface area contributed by atoms with Crippen molar-refractivity contribution in [2.24, 2.45) is 0 Å². The van der Waals surface area contributed by atoms with Gasteiger partial charge in [-0.1, -0.05) is 42.1 Å². The third-order valence-corrected chi connectivity index (χ3v) is 5.31. The predicted molar refractivity (Wildman–Crippen MR) is 99.8 cm³/mol. The fraction of sp³-hybridized carbons (Fsp3) is 0.316. The lowest BCUT2D eigenvalue weighted by Gasteiger charge is -2.22. The molecule has 1 atom stereocenters. The summed E-state index contributed by atoms with van der Waals surface area (Å²) in [6.45, 7) is 1.86. The smallest absolute Gasteiger partial charge is 0.191 e. The van der Waals surface area contributed by atoms with Crippen molar-refractivity contribution in [2.45, 2.75) is 24.2 Å². The van der Waals surface area contributed by atoms with Crippen LogP contribution in [0.4, 0.5) is 0 Å². The molecule has 1 aromatic carbocycles. The highest BCUT2D eigenvalue weighted by molar-refractivity contribution is 7.99. The fourth-order valence-corrected chi connectivity index (χ4v) is 3.82. The summed E-state index contributed by atoms with van der Waals surface area (Å²) >= 11 is 1.68. The van der Waals surface area contributed by atoms with Crippen LogP contribution in [-0.2, 0) is 16.0 Å². The van der Waals surface area contributed by atoms with Crippen LogP contribution >= 0.6 is 11.8 Å². The molecule has 1 fully saturated rings. The van der Waals surface area contributed by atoms with Crippen LogP contribution in [-0.4, -0.2) is 45.0 Å². The molecule has 26 heavy (non-hydrogen) atoms. The van der Waals surface area contributed by atoms with E-state index in [9.17, 15) is 0 Å². The molecule has 0 N–H and O–H groups in total. The van der Waals surface area contributed by atoms with Crippen molar-refractivity contribution in [3.8, 4) is 11.4 Å². The number of aromatic nitrogens is 4. The lowest BCUT2D eigenvalue weighted by atomic mass is 10.2. The Hall–Kier alpha value is -2.22. The van der Waals surface area contributed by atoms with Crippen LogP contribution in [0.1, 0.15) is 12.0 Å². The number of benzene rings is 1. The topological polar surface area (TPSA) is 62.1 Å². The number of nitrogens with zero attached hydrogens (tertiary/aromatic N) is 4. The van der Waals surface area contributed by atoms with E-state index >= 15 is 0 Å². The first-order valence-corrected chi connectivity index (χ1v) is 9.58. The highest BCUT2D eigenvalue weighted by atomic mass is 32.2. The van der Waals surface area contributed by atoms with Gasteiger partial charge in [0.1, 0.15) is 6.79 Å². The van der Waals surface area contributed by atoms with Crippen LogP contribution < -0.4 is 0 Å². The molecule has 0 unspecified atom stereocenters. The summed E-state index contributed by atoms with van der Waals surface area (Å²) in [6.07, 6.45) is 4.66. The fourth-order valence-electron chi connectivity index (χ4n) is 2.82. The molecule has 0 amide bonds. The third kappa shape index (κ3) is 4.12. The standard InChI is InChI=1S/C19H20N4O2S/c1-2-4-15(5-3-1)12-23-18(16-6-9-20-10-7-16)21-22-19(23)26-13-17-8-11-24-14-25-17/h1-7,9-10,17H,8,11-14H2/t17-/m0/s1. The average Bonchev–Trinajstić information content (AvgIpc) is 3.11. The first kappa shape index (κ1) is 17.2. The van der Waals surface area contributed by atoms with E-state index < -0.39 is 0 Å². The molecule has 0 aliphatic carbocycles. The Morgan fingerprint density at radius 1 is 1.08 bits per heavy atom. The van der Waals surface area contributed by atoms with Crippen LogP contribution in [0.15, 0.2) is 60.0 Å². The minimum absolute atomic E-state index is 0.194. The third-order valence-electron chi connectivity index (χ3n) is 4.21. The highest BCUT2D eigenvalue weighted by Gasteiger charge is 2.19. The van der Waals surface area contributed by atoms with Crippen molar-refractivity contribution in [1.29, 1.82) is 0 Å². The minimum atomic E-state index is 0.194. The van der Waals surface area contributed by atoms with E-state index in [1.54, 1.807) is 24.2 Å². The van der Waals surface area contributed by atoms with Crippen LogP contribution in [0.25, 0.3) is 11.4 Å². The van der Waals surface area contributed by atoms with Gasteiger partial charge in [0.15, 0.2) is 11.0 Å². The van der Waals surface area contributed by atoms with Gasteiger partial charge in [0.05, 0.1) is 19.3 Å². The SMILES string of the molecule is c1ccc(Cn2c(SC[C@@H]3CCOCO3)nnc2-c2ccncc2)cc1. The number of hydrogen-bond donors (Lipinski definition) is 0. The molecule has 6 nitrogen and oxygen atoms in total. The van der Waals surface area contributed by atoms with E-state index in [-0.39, 0.29) is 6.10 Å². The lowest BCUT2D eigenvalue weighted by molar-refractivity contribution is -0.130. The molecule has 1 aliphatic rings. The van der Waals surface area contributed by atoms with Crippen molar-refractivity contribution in [3.63, 3.8) is 0 Å². The Balaban J connectivity index is 1.59. The second-order valence-corrected chi connectivity index (χ2v) is 7.02. The summed E-state index contributed by atoms with van der Waals surface area (Å²) < 4.78 is 13.0. The Morgan fingerprint density at radius 3 is 2.69 bits per heavy atom. The largest absolute Gasteiger partial charge is 0.355 e. The van der Waals surface area contributed by atoms with Gasteiger partial charge < -0.3 is 9.47 Å². The quantitative estimate of drug-likeness (QED) is 0.623. The summed E-state index contributed by atoms with van der Waals surface area (Å²) in [6, 6.07) is 14.3. The Kier molecular flexibility index (Phi) is 5.59. The molecule has 1 aliphatic heterocycles. The van der Waals surface area contributed by atoms with Gasteiger partial charge in [-0.15, -0.1) is 10.2 Å². The lowest BCUT2D eigenvalue weighted by Crippen LogP contribution is -2.25.